The second kappa shape index (κ2) is 6.20. The van der Waals surface area contributed by atoms with E-state index in [0.717, 1.165) is 12.6 Å². The lowest BCUT2D eigenvalue weighted by Gasteiger charge is -2.20. The van der Waals surface area contributed by atoms with Crippen LogP contribution in [0.5, 0.6) is 0 Å². The van der Waals surface area contributed by atoms with Crippen molar-refractivity contribution in [1.82, 2.24) is 5.01 Å². The Morgan fingerprint density at radius 3 is 2.67 bits per heavy atom. The van der Waals surface area contributed by atoms with Crippen molar-refractivity contribution >= 4 is 21.0 Å². The van der Waals surface area contributed by atoms with Gasteiger partial charge in [0, 0.05) is 12.8 Å². The molecule has 0 radical (unpaired) electrons. The fraction of sp³-hybridized carbons (Fsp3) is 0.667. The smallest absolute Gasteiger partial charge is 0.172 e. The van der Waals surface area contributed by atoms with Crippen LogP contribution in [-0.2, 0) is 4.79 Å². The molecule has 0 bridgehead atoms. The Kier molecular flexibility index (Phi) is 6.02. The summed E-state index contributed by atoms with van der Waals surface area (Å²) in [7, 11) is 2.01. The number of nitrogens with one attached hydrogen (secondary N) is 1. The zero-order valence-corrected chi connectivity index (χ0v) is 8.02. The van der Waals surface area contributed by atoms with E-state index in [1.54, 1.807) is 0 Å². The van der Waals surface area contributed by atoms with Crippen LogP contribution in [0.1, 0.15) is 6.42 Å². The summed E-state index contributed by atoms with van der Waals surface area (Å²) in [6.07, 6.45) is 1.74. The molecule has 2 atom stereocenters. The van der Waals surface area contributed by atoms with E-state index in [-0.39, 0.29) is 5.52 Å². The van der Waals surface area contributed by atoms with Gasteiger partial charge in [-0.3, -0.25) is 10.6 Å². The SMILES string of the molecule is N=CC(C(=O)P)N(N)CCCN. The van der Waals surface area contributed by atoms with Gasteiger partial charge in [-0.2, -0.15) is 0 Å². The molecule has 0 heterocycles. The number of hydrazine groups is 1. The molecule has 0 saturated heterocycles. The maximum Gasteiger partial charge on any atom is 0.172 e. The lowest BCUT2D eigenvalue weighted by molar-refractivity contribution is -0.113. The number of carbonyl (C=O) groups is 1. The molecule has 0 amide bonds. The van der Waals surface area contributed by atoms with Crippen molar-refractivity contribution in [3.05, 3.63) is 0 Å². The van der Waals surface area contributed by atoms with Gasteiger partial charge in [0.05, 0.1) is 0 Å². The molecular weight excluding hydrogens is 175 g/mol. The van der Waals surface area contributed by atoms with Crippen LogP contribution in [0, 0.1) is 5.41 Å². The second-order valence-corrected chi connectivity index (χ2v) is 2.96. The Hall–Kier alpha value is -0.350. The predicted octanol–water partition coefficient (Wildman–Crippen LogP) is -1.07. The second-order valence-electron chi connectivity index (χ2n) is 2.39. The molecule has 0 aromatic rings. The summed E-state index contributed by atoms with van der Waals surface area (Å²) >= 11 is 0. The molecule has 6 heteroatoms. The lowest BCUT2D eigenvalue weighted by Crippen LogP contribution is -2.46. The average molecular weight is 190 g/mol. The summed E-state index contributed by atoms with van der Waals surface area (Å²) in [5.41, 5.74) is 5.06. The average Bonchev–Trinajstić information content (AvgIpc) is 2.01. The van der Waals surface area contributed by atoms with Crippen LogP contribution in [0.4, 0.5) is 0 Å². The molecule has 0 rings (SSSR count). The van der Waals surface area contributed by atoms with Crippen molar-refractivity contribution in [2.24, 2.45) is 11.6 Å². The van der Waals surface area contributed by atoms with E-state index >= 15 is 0 Å². The molecule has 0 aromatic carbocycles. The number of hydrogen-bond acceptors (Lipinski definition) is 5. The number of hydrogen-bond donors (Lipinski definition) is 3. The summed E-state index contributed by atoms with van der Waals surface area (Å²) in [6, 6.07) is -0.637. The van der Waals surface area contributed by atoms with E-state index in [1.165, 1.54) is 5.01 Å². The maximum atomic E-state index is 10.8. The Bertz CT molecular complexity index is 164. The van der Waals surface area contributed by atoms with Gasteiger partial charge in [-0.1, -0.05) is 9.24 Å². The van der Waals surface area contributed by atoms with Crippen molar-refractivity contribution in [2.75, 3.05) is 13.1 Å². The highest BCUT2D eigenvalue weighted by Crippen LogP contribution is 1.99. The highest BCUT2D eigenvalue weighted by molar-refractivity contribution is 7.40. The minimum Gasteiger partial charge on any atom is -0.330 e. The van der Waals surface area contributed by atoms with Crippen molar-refractivity contribution in [2.45, 2.75) is 12.5 Å². The molecule has 0 spiro atoms. The van der Waals surface area contributed by atoms with Gasteiger partial charge in [0.2, 0.25) is 0 Å². The van der Waals surface area contributed by atoms with Crippen LogP contribution in [0.15, 0.2) is 0 Å². The molecule has 70 valence electrons. The number of carbonyl (C=O) groups excluding carboxylic acids is 1. The maximum absolute atomic E-state index is 10.8. The molecule has 0 fully saturated rings. The van der Waals surface area contributed by atoms with Gasteiger partial charge in [0.1, 0.15) is 6.04 Å². The van der Waals surface area contributed by atoms with E-state index in [1.807, 2.05) is 9.24 Å². The molecule has 2 unspecified atom stereocenters. The molecule has 5 N–H and O–H groups in total. The number of rotatable bonds is 6. The van der Waals surface area contributed by atoms with Crippen LogP contribution in [0.25, 0.3) is 0 Å². The zero-order valence-electron chi connectivity index (χ0n) is 6.86. The summed E-state index contributed by atoms with van der Waals surface area (Å²) in [5, 5.41) is 8.26. The van der Waals surface area contributed by atoms with Crippen LogP contribution >= 0.6 is 9.24 Å². The summed E-state index contributed by atoms with van der Waals surface area (Å²) < 4.78 is 0. The third-order valence-electron chi connectivity index (χ3n) is 1.43. The Balaban J connectivity index is 3.93. The monoisotopic (exact) mass is 190 g/mol. The highest BCUT2D eigenvalue weighted by Gasteiger charge is 2.16. The van der Waals surface area contributed by atoms with Crippen molar-refractivity contribution in [3.63, 3.8) is 0 Å². The normalized spacial score (nSPS) is 13.0. The van der Waals surface area contributed by atoms with Crippen molar-refractivity contribution in [3.8, 4) is 0 Å². The summed E-state index contributed by atoms with van der Waals surface area (Å²) in [4.78, 5) is 10.8. The first kappa shape index (κ1) is 11.6. The topological polar surface area (TPSA) is 96.2 Å². The van der Waals surface area contributed by atoms with Gasteiger partial charge in [0.15, 0.2) is 5.52 Å². The van der Waals surface area contributed by atoms with Gasteiger partial charge >= 0.3 is 0 Å². The van der Waals surface area contributed by atoms with Crippen LogP contribution in [0.3, 0.4) is 0 Å². The first-order valence-corrected chi connectivity index (χ1v) is 4.22. The Morgan fingerprint density at radius 1 is 1.75 bits per heavy atom. The molecule has 0 aliphatic rings. The van der Waals surface area contributed by atoms with Gasteiger partial charge < -0.3 is 11.1 Å². The highest BCUT2D eigenvalue weighted by atomic mass is 31.0. The van der Waals surface area contributed by atoms with Crippen LogP contribution < -0.4 is 11.6 Å². The van der Waals surface area contributed by atoms with E-state index in [2.05, 4.69) is 0 Å². The largest absolute Gasteiger partial charge is 0.330 e. The standard InChI is InChI=1S/C6H15N4OP/c7-2-1-3-10(9)5(4-8)6(11)12/h4-5,8H,1-3,7,9,12H2. The summed E-state index contributed by atoms with van der Waals surface area (Å²) in [5.74, 6) is 5.51. The molecule has 0 aliphatic carbocycles. The Morgan fingerprint density at radius 2 is 2.33 bits per heavy atom. The first-order valence-electron chi connectivity index (χ1n) is 3.64. The van der Waals surface area contributed by atoms with Crippen molar-refractivity contribution in [1.29, 1.82) is 5.41 Å². The van der Waals surface area contributed by atoms with Gasteiger partial charge in [-0.25, -0.2) is 5.01 Å². The quantitative estimate of drug-likeness (QED) is 0.215. The fourth-order valence-corrected chi connectivity index (χ4v) is 1.04. The third kappa shape index (κ3) is 3.88. The third-order valence-corrected chi connectivity index (χ3v) is 1.77. The predicted molar refractivity (Wildman–Crippen MR) is 51.9 cm³/mol. The molecule has 12 heavy (non-hydrogen) atoms. The minimum absolute atomic E-state index is 0.204. The molecule has 0 aliphatic heterocycles. The van der Waals surface area contributed by atoms with E-state index in [0.29, 0.717) is 13.1 Å². The first-order chi connectivity index (χ1) is 5.63. The fourth-order valence-electron chi connectivity index (χ4n) is 0.754. The van der Waals surface area contributed by atoms with Crippen LogP contribution in [0.2, 0.25) is 0 Å². The molecule has 5 nitrogen and oxygen atoms in total. The van der Waals surface area contributed by atoms with Gasteiger partial charge in [0.25, 0.3) is 0 Å². The van der Waals surface area contributed by atoms with Crippen molar-refractivity contribution < 1.29 is 4.79 Å². The molecule has 0 aromatic heterocycles. The number of nitrogens with two attached hydrogens (primary N) is 2. The van der Waals surface area contributed by atoms with E-state index in [4.69, 9.17) is 17.0 Å². The molecule has 0 saturated carbocycles. The minimum atomic E-state index is -0.637. The Labute approximate surface area is 74.2 Å². The van der Waals surface area contributed by atoms with Gasteiger partial charge in [-0.05, 0) is 13.0 Å². The number of nitrogens with zero attached hydrogens (tertiary/aromatic N) is 1. The molecular formula is C6H15N4OP. The van der Waals surface area contributed by atoms with E-state index < -0.39 is 6.04 Å². The van der Waals surface area contributed by atoms with Gasteiger partial charge in [-0.15, -0.1) is 0 Å². The summed E-state index contributed by atoms with van der Waals surface area (Å²) in [6.45, 7) is 1.06. The zero-order chi connectivity index (χ0) is 9.56. The lowest BCUT2D eigenvalue weighted by atomic mass is 10.3. The van der Waals surface area contributed by atoms with E-state index in [9.17, 15) is 4.79 Å². The van der Waals surface area contributed by atoms with Crippen LogP contribution in [-0.4, -0.2) is 35.9 Å².